The third-order valence-corrected chi connectivity index (χ3v) is 7.14. The van der Waals surface area contributed by atoms with Gasteiger partial charge in [0.15, 0.2) is 22.9 Å². The number of furan rings is 1. The summed E-state index contributed by atoms with van der Waals surface area (Å²) in [6.45, 7) is 4.22. The van der Waals surface area contributed by atoms with Crippen molar-refractivity contribution < 1.29 is 23.8 Å². The van der Waals surface area contributed by atoms with Gasteiger partial charge in [-0.3, -0.25) is 14.5 Å². The Morgan fingerprint density at radius 3 is 2.37 bits per heavy atom. The molecule has 0 fully saturated rings. The number of Topliss-reactive ketones (excluding diaryl/α,β-unsaturated/α-hetero) is 1. The van der Waals surface area contributed by atoms with E-state index in [4.69, 9.17) is 9.15 Å². The van der Waals surface area contributed by atoms with E-state index >= 15 is 0 Å². The van der Waals surface area contributed by atoms with Gasteiger partial charge in [-0.05, 0) is 60.2 Å². The Kier molecular flexibility index (Phi) is 7.05. The highest BCUT2D eigenvalue weighted by molar-refractivity contribution is 6.20. The van der Waals surface area contributed by atoms with E-state index in [2.05, 4.69) is 13.8 Å². The van der Waals surface area contributed by atoms with Crippen molar-refractivity contribution in [3.05, 3.63) is 107 Å². The molecular weight excluding hydrogens is 478 g/mol. The maximum absolute atomic E-state index is 13.9. The first-order valence-corrected chi connectivity index (χ1v) is 13.0. The third kappa shape index (κ3) is 4.47. The number of rotatable bonds is 9. The van der Waals surface area contributed by atoms with Gasteiger partial charge in [0.2, 0.25) is 5.78 Å². The van der Waals surface area contributed by atoms with Crippen LogP contribution in [-0.4, -0.2) is 23.9 Å². The summed E-state index contributed by atoms with van der Waals surface area (Å²) >= 11 is 0. The minimum atomic E-state index is -0.808. The van der Waals surface area contributed by atoms with E-state index in [1.54, 1.807) is 12.1 Å². The molecule has 1 aliphatic heterocycles. The Morgan fingerprint density at radius 2 is 1.71 bits per heavy atom. The van der Waals surface area contributed by atoms with Crippen LogP contribution in [0.1, 0.15) is 60.0 Å². The number of aliphatic hydroxyl groups is 1. The Labute approximate surface area is 222 Å². The number of hydrogen-bond acceptors (Lipinski definition) is 5. The van der Waals surface area contributed by atoms with Crippen LogP contribution < -0.4 is 9.64 Å². The Morgan fingerprint density at radius 1 is 1.00 bits per heavy atom. The fraction of sp³-hybridized carbons (Fsp3) is 0.250. The number of amides is 1. The number of para-hydroxylation sites is 1. The summed E-state index contributed by atoms with van der Waals surface area (Å²) in [5, 5.41) is 11.8. The largest absolute Gasteiger partial charge is 0.503 e. The molecule has 1 aromatic heterocycles. The molecule has 0 spiro atoms. The van der Waals surface area contributed by atoms with Crippen molar-refractivity contribution in [2.45, 2.75) is 45.6 Å². The number of aryl methyl sites for hydroxylation is 2. The lowest BCUT2D eigenvalue weighted by Crippen LogP contribution is -2.31. The summed E-state index contributed by atoms with van der Waals surface area (Å²) in [6.07, 6.45) is 3.99. The number of anilines is 1. The average molecular weight is 510 g/mol. The fourth-order valence-electron chi connectivity index (χ4n) is 5.00. The van der Waals surface area contributed by atoms with Gasteiger partial charge in [0.25, 0.3) is 5.91 Å². The number of benzene rings is 3. The summed E-state index contributed by atoms with van der Waals surface area (Å²) < 4.78 is 11.3. The molecule has 1 atom stereocenters. The number of ketones is 1. The smallest absolute Gasteiger partial charge is 0.294 e. The Hall–Kier alpha value is -4.32. The fourth-order valence-corrected chi connectivity index (χ4v) is 5.00. The summed E-state index contributed by atoms with van der Waals surface area (Å²) in [7, 11) is 1.53. The van der Waals surface area contributed by atoms with Gasteiger partial charge in [0.05, 0.1) is 18.7 Å². The summed E-state index contributed by atoms with van der Waals surface area (Å²) in [5.41, 5.74) is 4.08. The molecule has 0 bridgehead atoms. The number of methoxy groups -OCH3 is 1. The van der Waals surface area contributed by atoms with Crippen molar-refractivity contribution in [2.75, 3.05) is 12.0 Å². The van der Waals surface area contributed by atoms with E-state index < -0.39 is 23.5 Å². The van der Waals surface area contributed by atoms with E-state index in [0.29, 0.717) is 22.4 Å². The van der Waals surface area contributed by atoms with E-state index in [9.17, 15) is 14.7 Å². The second-order valence-electron chi connectivity index (χ2n) is 9.52. The Balaban J connectivity index is 1.59. The molecule has 0 saturated heterocycles. The molecule has 0 saturated carbocycles. The molecule has 0 aliphatic carbocycles. The maximum atomic E-state index is 13.9. The lowest BCUT2D eigenvalue weighted by atomic mass is 9.93. The lowest BCUT2D eigenvalue weighted by molar-refractivity contribution is -0.117. The van der Waals surface area contributed by atoms with Crippen molar-refractivity contribution in [1.82, 2.24) is 0 Å². The van der Waals surface area contributed by atoms with E-state index in [1.807, 2.05) is 60.7 Å². The molecule has 1 N–H and O–H groups in total. The van der Waals surface area contributed by atoms with Crippen LogP contribution in [0.5, 0.6) is 5.75 Å². The third-order valence-electron chi connectivity index (χ3n) is 7.14. The zero-order valence-corrected chi connectivity index (χ0v) is 21.9. The molecule has 194 valence electrons. The van der Waals surface area contributed by atoms with Gasteiger partial charge < -0.3 is 14.3 Å². The second kappa shape index (κ2) is 10.6. The number of carbonyl (C=O) groups excluding carboxylic acids is 2. The normalized spacial score (nSPS) is 15.5. The number of unbranched alkanes of at least 4 members (excludes halogenated alkanes) is 1. The van der Waals surface area contributed by atoms with Gasteiger partial charge in [-0.2, -0.15) is 0 Å². The quantitative estimate of drug-likeness (QED) is 0.243. The van der Waals surface area contributed by atoms with Crippen molar-refractivity contribution in [1.29, 1.82) is 0 Å². The first-order valence-electron chi connectivity index (χ1n) is 13.0. The molecule has 3 aromatic carbocycles. The number of carbonyl (C=O) groups is 2. The molecular formula is C32H31NO5. The predicted molar refractivity (Wildman–Crippen MR) is 148 cm³/mol. The topological polar surface area (TPSA) is 80.0 Å². The molecule has 6 heteroatoms. The average Bonchev–Trinajstić information content (AvgIpc) is 3.51. The van der Waals surface area contributed by atoms with Crippen LogP contribution >= 0.6 is 0 Å². The minimum Gasteiger partial charge on any atom is -0.503 e. The highest BCUT2D eigenvalue weighted by atomic mass is 16.5. The summed E-state index contributed by atoms with van der Waals surface area (Å²) in [5.74, 6) is -1.19. The maximum Gasteiger partial charge on any atom is 0.294 e. The monoisotopic (exact) mass is 509 g/mol. The zero-order valence-electron chi connectivity index (χ0n) is 21.9. The highest BCUT2D eigenvalue weighted by Gasteiger charge is 2.45. The summed E-state index contributed by atoms with van der Waals surface area (Å²) in [6, 6.07) is 21.7. The molecule has 1 aliphatic rings. The number of aliphatic hydroxyl groups excluding tert-OH is 1. The minimum absolute atomic E-state index is 0.00710. The van der Waals surface area contributed by atoms with Gasteiger partial charge in [-0.15, -0.1) is 0 Å². The van der Waals surface area contributed by atoms with Gasteiger partial charge in [0, 0.05) is 11.1 Å². The van der Waals surface area contributed by atoms with E-state index in [0.717, 1.165) is 36.8 Å². The molecule has 6 nitrogen and oxygen atoms in total. The van der Waals surface area contributed by atoms with Crippen LogP contribution in [0, 0.1) is 0 Å². The first kappa shape index (κ1) is 25.3. The van der Waals surface area contributed by atoms with Crippen molar-refractivity contribution in [2.24, 2.45) is 0 Å². The first-order chi connectivity index (χ1) is 18.5. The molecule has 0 radical (unpaired) electrons. The molecule has 4 aromatic rings. The lowest BCUT2D eigenvalue weighted by Gasteiger charge is -2.27. The van der Waals surface area contributed by atoms with Crippen molar-refractivity contribution >= 4 is 28.3 Å². The second-order valence-corrected chi connectivity index (χ2v) is 9.52. The molecule has 2 heterocycles. The summed E-state index contributed by atoms with van der Waals surface area (Å²) in [4.78, 5) is 28.9. The standard InChI is InChI=1S/C32H31NO5/c1-4-6-8-21-13-17-24(18-14-21)33-28(22-15-11-20(5-2)12-16-22)27(30(35)32(33)36)29(34)26-19-23-9-7-10-25(37-3)31(23)38-26/h7,9-19,28,35H,4-6,8H2,1-3H3. The van der Waals surface area contributed by atoms with Crippen LogP contribution in [0.25, 0.3) is 11.0 Å². The van der Waals surface area contributed by atoms with Crippen LogP contribution in [0.15, 0.2) is 88.5 Å². The van der Waals surface area contributed by atoms with Gasteiger partial charge in [-0.25, -0.2) is 0 Å². The number of nitrogens with zero attached hydrogens (tertiary/aromatic N) is 1. The van der Waals surface area contributed by atoms with Gasteiger partial charge in [0.1, 0.15) is 0 Å². The van der Waals surface area contributed by atoms with Gasteiger partial charge in [-0.1, -0.05) is 68.8 Å². The number of ether oxygens (including phenoxy) is 1. The zero-order chi connectivity index (χ0) is 26.8. The molecule has 38 heavy (non-hydrogen) atoms. The molecule has 1 unspecified atom stereocenters. The molecule has 5 rings (SSSR count). The highest BCUT2D eigenvalue weighted by Crippen LogP contribution is 2.43. The van der Waals surface area contributed by atoms with Crippen LogP contribution in [0.3, 0.4) is 0 Å². The van der Waals surface area contributed by atoms with Crippen molar-refractivity contribution in [3.8, 4) is 5.75 Å². The van der Waals surface area contributed by atoms with E-state index in [-0.39, 0.29) is 11.3 Å². The predicted octanol–water partition coefficient (Wildman–Crippen LogP) is 7.13. The van der Waals surface area contributed by atoms with E-state index in [1.165, 1.54) is 17.6 Å². The van der Waals surface area contributed by atoms with Crippen LogP contribution in [-0.2, 0) is 17.6 Å². The number of fused-ring (bicyclic) bond motifs is 1. The van der Waals surface area contributed by atoms with Gasteiger partial charge >= 0.3 is 0 Å². The van der Waals surface area contributed by atoms with Crippen LogP contribution in [0.4, 0.5) is 5.69 Å². The number of hydrogen-bond donors (Lipinski definition) is 1. The van der Waals surface area contributed by atoms with Crippen molar-refractivity contribution in [3.63, 3.8) is 0 Å². The Bertz CT molecular complexity index is 1510. The van der Waals surface area contributed by atoms with Crippen LogP contribution in [0.2, 0.25) is 0 Å². The molecule has 1 amide bonds. The SMILES string of the molecule is CCCCc1ccc(N2C(=O)C(O)=C(C(=O)c3cc4cccc(OC)c4o3)C2c2ccc(CC)cc2)cc1.